The summed E-state index contributed by atoms with van der Waals surface area (Å²) in [7, 11) is 0. The molecule has 2 aromatic heterocycles. The van der Waals surface area contributed by atoms with Crippen LogP contribution in [0.3, 0.4) is 0 Å². The number of aliphatic hydroxyl groups is 1. The van der Waals surface area contributed by atoms with Gasteiger partial charge in [0.2, 0.25) is 0 Å². The van der Waals surface area contributed by atoms with E-state index in [2.05, 4.69) is 0 Å². The molecule has 1 aromatic carbocycles. The summed E-state index contributed by atoms with van der Waals surface area (Å²) in [5.74, 6) is 2.12. The third-order valence-corrected chi connectivity index (χ3v) is 3.61. The number of benzene rings is 1. The van der Waals surface area contributed by atoms with E-state index in [0.29, 0.717) is 5.76 Å². The van der Waals surface area contributed by atoms with Crippen molar-refractivity contribution in [2.24, 2.45) is 0 Å². The number of hydrogen-bond donors (Lipinski definition) is 1. The van der Waals surface area contributed by atoms with Crippen LogP contribution in [0.15, 0.2) is 39.2 Å². The fraction of sp³-hybridized carbons (Fsp3) is 0.250. The van der Waals surface area contributed by atoms with Gasteiger partial charge in [0, 0.05) is 10.9 Å². The zero-order valence-electron chi connectivity index (χ0n) is 11.2. The van der Waals surface area contributed by atoms with Crippen molar-refractivity contribution in [3.05, 3.63) is 58.7 Å². The summed E-state index contributed by atoms with van der Waals surface area (Å²) >= 11 is 0. The van der Waals surface area contributed by atoms with Crippen molar-refractivity contribution in [1.82, 2.24) is 0 Å². The molecule has 3 nitrogen and oxygen atoms in total. The summed E-state index contributed by atoms with van der Waals surface area (Å²) in [5, 5.41) is 11.5. The van der Waals surface area contributed by atoms with Gasteiger partial charge in [-0.15, -0.1) is 0 Å². The lowest BCUT2D eigenvalue weighted by Gasteiger charge is -2.07. The molecule has 98 valence electrons. The molecule has 0 spiro atoms. The molecule has 3 aromatic rings. The van der Waals surface area contributed by atoms with E-state index < -0.39 is 6.10 Å². The SMILES string of the molecule is Cc1oc(C)c(C(O)c2cc3ccccc3o2)c1C. The van der Waals surface area contributed by atoms with Crippen LogP contribution in [0.4, 0.5) is 0 Å². The Hall–Kier alpha value is -2.00. The van der Waals surface area contributed by atoms with E-state index in [1.165, 1.54) is 0 Å². The molecule has 1 atom stereocenters. The number of rotatable bonds is 2. The average molecular weight is 256 g/mol. The lowest BCUT2D eigenvalue weighted by molar-refractivity contribution is 0.189. The molecule has 1 unspecified atom stereocenters. The normalized spacial score (nSPS) is 13.1. The van der Waals surface area contributed by atoms with Gasteiger partial charge in [-0.05, 0) is 38.5 Å². The van der Waals surface area contributed by atoms with Gasteiger partial charge in [0.1, 0.15) is 29.0 Å². The first kappa shape index (κ1) is 12.1. The van der Waals surface area contributed by atoms with E-state index in [4.69, 9.17) is 8.83 Å². The summed E-state index contributed by atoms with van der Waals surface area (Å²) < 4.78 is 11.3. The second kappa shape index (κ2) is 4.28. The van der Waals surface area contributed by atoms with Gasteiger partial charge in [-0.2, -0.15) is 0 Å². The Morgan fingerprint density at radius 1 is 1.00 bits per heavy atom. The number of fused-ring (bicyclic) bond motifs is 1. The highest BCUT2D eigenvalue weighted by molar-refractivity contribution is 5.77. The van der Waals surface area contributed by atoms with Crippen LogP contribution in [-0.4, -0.2) is 5.11 Å². The predicted octanol–water partition coefficient (Wildman–Crippen LogP) is 4.03. The molecule has 0 saturated carbocycles. The number of hydrogen-bond acceptors (Lipinski definition) is 3. The Labute approximate surface area is 111 Å². The van der Waals surface area contributed by atoms with Crippen LogP contribution in [0.25, 0.3) is 11.0 Å². The van der Waals surface area contributed by atoms with Crippen LogP contribution < -0.4 is 0 Å². The Balaban J connectivity index is 2.10. The minimum absolute atomic E-state index is 0.549. The molecule has 1 N–H and O–H groups in total. The van der Waals surface area contributed by atoms with Gasteiger partial charge in [0.15, 0.2) is 0 Å². The molecule has 0 amide bonds. The highest BCUT2D eigenvalue weighted by Gasteiger charge is 2.23. The van der Waals surface area contributed by atoms with Gasteiger partial charge in [-0.25, -0.2) is 0 Å². The Kier molecular flexibility index (Phi) is 2.72. The van der Waals surface area contributed by atoms with E-state index >= 15 is 0 Å². The van der Waals surface area contributed by atoms with Gasteiger partial charge >= 0.3 is 0 Å². The number of furan rings is 2. The highest BCUT2D eigenvalue weighted by atomic mass is 16.4. The van der Waals surface area contributed by atoms with E-state index in [-0.39, 0.29) is 0 Å². The molecule has 3 heteroatoms. The standard InChI is InChI=1S/C16H16O3/c1-9-10(2)18-11(3)15(9)16(17)14-8-12-6-4-5-7-13(12)19-14/h4-8,16-17H,1-3H3. The van der Waals surface area contributed by atoms with Gasteiger partial charge in [-0.3, -0.25) is 0 Å². The average Bonchev–Trinajstić information content (AvgIpc) is 2.91. The van der Waals surface area contributed by atoms with Gasteiger partial charge in [0.05, 0.1) is 0 Å². The quantitative estimate of drug-likeness (QED) is 0.752. The molecule has 0 radical (unpaired) electrons. The summed E-state index contributed by atoms with van der Waals surface area (Å²) in [4.78, 5) is 0. The minimum Gasteiger partial charge on any atom is -0.466 e. The minimum atomic E-state index is -0.787. The van der Waals surface area contributed by atoms with E-state index in [0.717, 1.165) is 33.6 Å². The maximum absolute atomic E-state index is 10.5. The van der Waals surface area contributed by atoms with Crippen molar-refractivity contribution < 1.29 is 13.9 Å². The molecule has 0 fully saturated rings. The van der Waals surface area contributed by atoms with Crippen molar-refractivity contribution in [3.8, 4) is 0 Å². The predicted molar refractivity (Wildman–Crippen MR) is 73.2 cm³/mol. The second-order valence-corrected chi connectivity index (χ2v) is 4.84. The van der Waals surface area contributed by atoms with Crippen molar-refractivity contribution in [2.45, 2.75) is 26.9 Å². The van der Waals surface area contributed by atoms with Crippen molar-refractivity contribution in [1.29, 1.82) is 0 Å². The first-order chi connectivity index (χ1) is 9.08. The van der Waals surface area contributed by atoms with Crippen molar-refractivity contribution in [3.63, 3.8) is 0 Å². The molecule has 0 aliphatic rings. The van der Waals surface area contributed by atoms with Crippen molar-refractivity contribution in [2.75, 3.05) is 0 Å². The molecule has 3 rings (SSSR count). The number of aryl methyl sites for hydroxylation is 2. The molecule has 0 saturated heterocycles. The summed E-state index contributed by atoms with van der Waals surface area (Å²) in [6.45, 7) is 5.71. The smallest absolute Gasteiger partial charge is 0.140 e. The van der Waals surface area contributed by atoms with Crippen LogP contribution in [0.1, 0.15) is 34.5 Å². The van der Waals surface area contributed by atoms with Gasteiger partial charge in [0.25, 0.3) is 0 Å². The van der Waals surface area contributed by atoms with Gasteiger partial charge in [-0.1, -0.05) is 18.2 Å². The molecular formula is C16H16O3. The van der Waals surface area contributed by atoms with E-state index in [9.17, 15) is 5.11 Å². The van der Waals surface area contributed by atoms with Crippen LogP contribution in [0, 0.1) is 20.8 Å². The molecule has 0 aliphatic heterocycles. The first-order valence-electron chi connectivity index (χ1n) is 6.31. The Morgan fingerprint density at radius 2 is 1.74 bits per heavy atom. The fourth-order valence-corrected chi connectivity index (χ4v) is 2.49. The van der Waals surface area contributed by atoms with E-state index in [1.54, 1.807) is 0 Å². The lowest BCUT2D eigenvalue weighted by Crippen LogP contribution is -2.00. The van der Waals surface area contributed by atoms with Crippen molar-refractivity contribution >= 4 is 11.0 Å². The van der Waals surface area contributed by atoms with Crippen LogP contribution in [-0.2, 0) is 0 Å². The maximum Gasteiger partial charge on any atom is 0.140 e. The summed E-state index contributed by atoms with van der Waals surface area (Å²) in [6, 6.07) is 9.61. The Bertz CT molecular complexity index is 701. The first-order valence-corrected chi connectivity index (χ1v) is 6.31. The third kappa shape index (κ3) is 1.87. The lowest BCUT2D eigenvalue weighted by atomic mass is 10.0. The summed E-state index contributed by atoms with van der Waals surface area (Å²) in [6.07, 6.45) is -0.787. The molecule has 19 heavy (non-hydrogen) atoms. The van der Waals surface area contributed by atoms with Crippen LogP contribution in [0.2, 0.25) is 0 Å². The fourth-order valence-electron chi connectivity index (χ4n) is 2.49. The summed E-state index contributed by atoms with van der Waals surface area (Å²) in [5.41, 5.74) is 2.56. The number of aliphatic hydroxyl groups excluding tert-OH is 1. The molecule has 2 heterocycles. The van der Waals surface area contributed by atoms with Gasteiger partial charge < -0.3 is 13.9 Å². The second-order valence-electron chi connectivity index (χ2n) is 4.84. The highest BCUT2D eigenvalue weighted by Crippen LogP contribution is 2.33. The maximum atomic E-state index is 10.5. The zero-order valence-corrected chi connectivity index (χ0v) is 11.2. The monoisotopic (exact) mass is 256 g/mol. The molecule has 0 aliphatic carbocycles. The third-order valence-electron chi connectivity index (χ3n) is 3.61. The zero-order chi connectivity index (χ0) is 13.6. The van der Waals surface area contributed by atoms with E-state index in [1.807, 2.05) is 51.1 Å². The number of para-hydroxylation sites is 1. The topological polar surface area (TPSA) is 46.5 Å². The van der Waals surface area contributed by atoms with Crippen LogP contribution in [0.5, 0.6) is 0 Å². The Morgan fingerprint density at radius 3 is 2.37 bits per heavy atom. The van der Waals surface area contributed by atoms with Crippen LogP contribution >= 0.6 is 0 Å². The largest absolute Gasteiger partial charge is 0.466 e. The molecular weight excluding hydrogens is 240 g/mol. The molecule has 0 bridgehead atoms.